The normalized spacial score (nSPS) is 33.8. The SMILES string of the molecule is CC1NNC(C)C1Sc1ccccc1NC(=O)[C@@H]1CC[C@H](N)C1. The lowest BCUT2D eigenvalue weighted by atomic mass is 10.1. The predicted molar refractivity (Wildman–Crippen MR) is 95.2 cm³/mol. The molecule has 6 heteroatoms. The summed E-state index contributed by atoms with van der Waals surface area (Å²) in [4.78, 5) is 13.6. The van der Waals surface area contributed by atoms with Gasteiger partial charge in [-0.2, -0.15) is 0 Å². The van der Waals surface area contributed by atoms with Crippen LogP contribution in [0.2, 0.25) is 0 Å². The molecule has 1 aliphatic carbocycles. The van der Waals surface area contributed by atoms with E-state index in [0.717, 1.165) is 29.8 Å². The molecule has 1 saturated heterocycles. The summed E-state index contributed by atoms with van der Waals surface area (Å²) in [5, 5.41) is 3.54. The smallest absolute Gasteiger partial charge is 0.227 e. The Morgan fingerprint density at radius 1 is 1.22 bits per heavy atom. The molecule has 4 atom stereocenters. The molecule has 3 rings (SSSR count). The third-order valence-electron chi connectivity index (χ3n) is 4.78. The van der Waals surface area contributed by atoms with Crippen LogP contribution in [0.4, 0.5) is 5.69 Å². The van der Waals surface area contributed by atoms with Crippen molar-refractivity contribution < 1.29 is 4.79 Å². The molecule has 1 amide bonds. The molecule has 1 saturated carbocycles. The molecule has 0 radical (unpaired) electrons. The van der Waals surface area contributed by atoms with Crippen molar-refractivity contribution in [2.45, 2.75) is 61.4 Å². The van der Waals surface area contributed by atoms with Gasteiger partial charge in [0.05, 0.1) is 5.69 Å². The van der Waals surface area contributed by atoms with Gasteiger partial charge in [0.15, 0.2) is 0 Å². The number of hydrazine groups is 1. The van der Waals surface area contributed by atoms with Crippen LogP contribution in [0.25, 0.3) is 0 Å². The molecule has 0 bridgehead atoms. The predicted octanol–water partition coefficient (Wildman–Crippen LogP) is 2.10. The van der Waals surface area contributed by atoms with Crippen LogP contribution >= 0.6 is 11.8 Å². The van der Waals surface area contributed by atoms with Crippen molar-refractivity contribution in [3.63, 3.8) is 0 Å². The highest BCUT2D eigenvalue weighted by Crippen LogP contribution is 2.35. The Morgan fingerprint density at radius 3 is 2.57 bits per heavy atom. The molecule has 2 unspecified atom stereocenters. The minimum atomic E-state index is 0.0516. The average molecular weight is 334 g/mol. The number of anilines is 1. The summed E-state index contributed by atoms with van der Waals surface area (Å²) in [6.45, 7) is 4.35. The fraction of sp³-hybridized carbons (Fsp3) is 0.588. The van der Waals surface area contributed by atoms with Crippen LogP contribution in [0.15, 0.2) is 29.2 Å². The number of amides is 1. The van der Waals surface area contributed by atoms with E-state index in [-0.39, 0.29) is 17.9 Å². The van der Waals surface area contributed by atoms with Crippen molar-refractivity contribution in [1.29, 1.82) is 0 Å². The Kier molecular flexibility index (Phi) is 5.26. The zero-order chi connectivity index (χ0) is 16.4. The largest absolute Gasteiger partial charge is 0.328 e. The fourth-order valence-corrected chi connectivity index (χ4v) is 4.61. The zero-order valence-electron chi connectivity index (χ0n) is 13.7. The highest BCUT2D eigenvalue weighted by molar-refractivity contribution is 8.00. The van der Waals surface area contributed by atoms with Gasteiger partial charge in [0.25, 0.3) is 0 Å². The topological polar surface area (TPSA) is 79.2 Å². The number of hydrogen-bond donors (Lipinski definition) is 4. The molecular formula is C17H26N4OS. The summed E-state index contributed by atoms with van der Waals surface area (Å²) in [5.41, 5.74) is 13.4. The minimum absolute atomic E-state index is 0.0516. The Balaban J connectivity index is 1.69. The van der Waals surface area contributed by atoms with E-state index < -0.39 is 0 Å². The lowest BCUT2D eigenvalue weighted by Crippen LogP contribution is -2.30. The standard InChI is InChI=1S/C17H26N4OS/c1-10-16(11(2)21-20-10)23-15-6-4-3-5-14(15)19-17(22)12-7-8-13(18)9-12/h3-6,10-13,16,20-21H,7-9,18H2,1-2H3,(H,19,22)/t10?,11?,12-,13+,16?/m1/s1. The number of carbonyl (C=O) groups excluding carboxylic acids is 1. The van der Waals surface area contributed by atoms with Crippen LogP contribution in [0.1, 0.15) is 33.1 Å². The molecular weight excluding hydrogens is 308 g/mol. The monoisotopic (exact) mass is 334 g/mol. The van der Waals surface area contributed by atoms with Gasteiger partial charge in [0.2, 0.25) is 5.91 Å². The van der Waals surface area contributed by atoms with E-state index in [2.05, 4.69) is 36.1 Å². The van der Waals surface area contributed by atoms with E-state index >= 15 is 0 Å². The number of benzene rings is 1. The lowest BCUT2D eigenvalue weighted by Gasteiger charge is -2.20. The maximum Gasteiger partial charge on any atom is 0.227 e. The van der Waals surface area contributed by atoms with E-state index in [1.54, 1.807) is 0 Å². The molecule has 5 nitrogen and oxygen atoms in total. The van der Waals surface area contributed by atoms with Crippen LogP contribution in [0, 0.1) is 5.92 Å². The van der Waals surface area contributed by atoms with Crippen LogP contribution in [0.5, 0.6) is 0 Å². The maximum atomic E-state index is 12.5. The molecule has 1 aromatic carbocycles. The maximum absolute atomic E-state index is 12.5. The van der Waals surface area contributed by atoms with Crippen molar-refractivity contribution in [2.24, 2.45) is 11.7 Å². The molecule has 2 fully saturated rings. The molecule has 0 aromatic heterocycles. The van der Waals surface area contributed by atoms with Crippen molar-refractivity contribution in [1.82, 2.24) is 10.9 Å². The van der Waals surface area contributed by atoms with Gasteiger partial charge in [0.1, 0.15) is 0 Å². The lowest BCUT2D eigenvalue weighted by molar-refractivity contribution is -0.119. The van der Waals surface area contributed by atoms with E-state index in [9.17, 15) is 4.79 Å². The number of nitrogens with one attached hydrogen (secondary N) is 3. The number of hydrogen-bond acceptors (Lipinski definition) is 5. The third-order valence-corrected chi connectivity index (χ3v) is 6.47. The average Bonchev–Trinajstić information content (AvgIpc) is 3.10. The highest BCUT2D eigenvalue weighted by atomic mass is 32.2. The second-order valence-electron chi connectivity index (χ2n) is 6.70. The van der Waals surface area contributed by atoms with Crippen LogP contribution in [-0.4, -0.2) is 29.3 Å². The fourth-order valence-electron chi connectivity index (χ4n) is 3.37. The van der Waals surface area contributed by atoms with Gasteiger partial charge in [-0.15, -0.1) is 11.8 Å². The molecule has 5 N–H and O–H groups in total. The molecule has 2 aliphatic rings. The summed E-state index contributed by atoms with van der Waals surface area (Å²) in [5.74, 6) is 0.158. The minimum Gasteiger partial charge on any atom is -0.328 e. The van der Waals surface area contributed by atoms with Gasteiger partial charge in [-0.1, -0.05) is 12.1 Å². The second kappa shape index (κ2) is 7.21. The van der Waals surface area contributed by atoms with Gasteiger partial charge >= 0.3 is 0 Å². The van der Waals surface area contributed by atoms with Gasteiger partial charge in [-0.05, 0) is 45.2 Å². The molecule has 0 spiro atoms. The van der Waals surface area contributed by atoms with Crippen LogP contribution < -0.4 is 21.9 Å². The third kappa shape index (κ3) is 3.88. The first-order chi connectivity index (χ1) is 11.0. The van der Waals surface area contributed by atoms with Crippen molar-refractivity contribution in [2.75, 3.05) is 5.32 Å². The van der Waals surface area contributed by atoms with Crippen molar-refractivity contribution in [3.05, 3.63) is 24.3 Å². The van der Waals surface area contributed by atoms with E-state index in [1.165, 1.54) is 0 Å². The number of nitrogens with two attached hydrogens (primary N) is 1. The first-order valence-corrected chi connectivity index (χ1v) is 9.25. The number of carbonyl (C=O) groups is 1. The summed E-state index contributed by atoms with van der Waals surface area (Å²) >= 11 is 1.81. The Hall–Kier alpha value is -1.08. The summed E-state index contributed by atoms with van der Waals surface area (Å²) in [6.07, 6.45) is 2.64. The first-order valence-electron chi connectivity index (χ1n) is 8.38. The highest BCUT2D eigenvalue weighted by Gasteiger charge is 2.32. The van der Waals surface area contributed by atoms with Gasteiger partial charge in [-0.25, -0.2) is 0 Å². The van der Waals surface area contributed by atoms with E-state index in [4.69, 9.17) is 5.73 Å². The van der Waals surface area contributed by atoms with Gasteiger partial charge in [-0.3, -0.25) is 15.6 Å². The molecule has 23 heavy (non-hydrogen) atoms. The van der Waals surface area contributed by atoms with Gasteiger partial charge < -0.3 is 11.1 Å². The van der Waals surface area contributed by atoms with E-state index in [0.29, 0.717) is 17.3 Å². The first kappa shape index (κ1) is 16.8. The van der Waals surface area contributed by atoms with Crippen LogP contribution in [0.3, 0.4) is 0 Å². The summed E-state index contributed by atoms with van der Waals surface area (Å²) in [7, 11) is 0. The Labute approximate surface area is 142 Å². The summed E-state index contributed by atoms with van der Waals surface area (Å²) in [6, 6.07) is 9.00. The molecule has 126 valence electrons. The van der Waals surface area contributed by atoms with Gasteiger partial charge in [0, 0.05) is 34.2 Å². The number of thioether (sulfide) groups is 1. The van der Waals surface area contributed by atoms with Crippen molar-refractivity contribution in [3.8, 4) is 0 Å². The Morgan fingerprint density at radius 2 is 1.91 bits per heavy atom. The molecule has 1 aromatic rings. The number of para-hydroxylation sites is 1. The van der Waals surface area contributed by atoms with Crippen molar-refractivity contribution >= 4 is 23.4 Å². The summed E-state index contributed by atoms with van der Waals surface area (Å²) < 4.78 is 0. The number of rotatable bonds is 4. The second-order valence-corrected chi connectivity index (χ2v) is 7.92. The Bertz CT molecular complexity index is 557. The molecule has 1 heterocycles. The quantitative estimate of drug-likeness (QED) is 0.678. The van der Waals surface area contributed by atoms with E-state index in [1.807, 2.05) is 30.0 Å². The van der Waals surface area contributed by atoms with Crippen LogP contribution in [-0.2, 0) is 4.79 Å². The zero-order valence-corrected chi connectivity index (χ0v) is 14.5. The molecule has 1 aliphatic heterocycles.